The molecule has 2 aromatic rings. The molecule has 4 N–H and O–H groups in total. The number of carboxylic acid groups (broad SMARTS) is 1. The Morgan fingerprint density at radius 1 is 1.08 bits per heavy atom. The van der Waals surface area contributed by atoms with Crippen LogP contribution in [0.3, 0.4) is 0 Å². The average Bonchev–Trinajstić information content (AvgIpc) is 3.19. The number of aliphatic hydroxyl groups is 1. The summed E-state index contributed by atoms with van der Waals surface area (Å²) in [6.07, 6.45) is 0.502. The Kier molecular flexibility index (Phi) is 8.38. The highest BCUT2D eigenvalue weighted by Crippen LogP contribution is 2.44. The summed E-state index contributed by atoms with van der Waals surface area (Å²) in [5.74, 6) is -1.38. The second-order valence-corrected chi connectivity index (χ2v) is 10.9. The Hall–Kier alpha value is -4.14. The number of amides is 1. The van der Waals surface area contributed by atoms with Gasteiger partial charge in [-0.3, -0.25) is 4.79 Å². The molecule has 0 unspecified atom stereocenters. The van der Waals surface area contributed by atoms with Gasteiger partial charge in [-0.2, -0.15) is 5.10 Å². The van der Waals surface area contributed by atoms with Crippen molar-refractivity contribution in [1.82, 2.24) is 10.7 Å². The number of rotatable bonds is 10. The molecule has 0 saturated carbocycles. The molecule has 2 aliphatic carbocycles. The van der Waals surface area contributed by atoms with Gasteiger partial charge in [-0.15, -0.1) is 0 Å². The largest absolute Gasteiger partial charge is 0.511 e. The number of hydrazone groups is 1. The number of aliphatic hydroxyl groups excluding tert-OH is 1. The van der Waals surface area contributed by atoms with Crippen LogP contribution in [-0.4, -0.2) is 53.0 Å². The first-order valence-electron chi connectivity index (χ1n) is 13.1. The van der Waals surface area contributed by atoms with E-state index in [2.05, 4.69) is 15.8 Å². The Labute approximate surface area is 228 Å². The van der Waals surface area contributed by atoms with Gasteiger partial charge in [0.1, 0.15) is 18.4 Å². The molecular weight excluding hydrogens is 498 g/mol. The zero-order valence-corrected chi connectivity index (χ0v) is 22.5. The first kappa shape index (κ1) is 27.9. The maximum Gasteiger partial charge on any atom is 0.407 e. The summed E-state index contributed by atoms with van der Waals surface area (Å²) in [5, 5.41) is 26.5. The van der Waals surface area contributed by atoms with Crippen LogP contribution in [0.1, 0.15) is 63.5 Å². The minimum absolute atomic E-state index is 0.0394. The second-order valence-electron chi connectivity index (χ2n) is 10.9. The second kappa shape index (κ2) is 11.7. The molecule has 0 heterocycles. The fourth-order valence-corrected chi connectivity index (χ4v) is 5.35. The number of allylic oxidation sites excluding steroid dienone is 2. The minimum atomic E-state index is -1.16. The van der Waals surface area contributed by atoms with Gasteiger partial charge in [0.25, 0.3) is 0 Å². The summed E-state index contributed by atoms with van der Waals surface area (Å²) in [6.45, 7) is 5.92. The van der Waals surface area contributed by atoms with Crippen molar-refractivity contribution < 1.29 is 29.3 Å². The number of aliphatic carboxylic acids is 1. The summed E-state index contributed by atoms with van der Waals surface area (Å²) in [7, 11) is 0. The highest BCUT2D eigenvalue weighted by atomic mass is 16.5. The van der Waals surface area contributed by atoms with Crippen molar-refractivity contribution in [1.29, 1.82) is 0 Å². The van der Waals surface area contributed by atoms with Crippen molar-refractivity contribution >= 4 is 23.6 Å². The van der Waals surface area contributed by atoms with Crippen LogP contribution in [-0.2, 0) is 14.3 Å². The maximum atomic E-state index is 12.5. The van der Waals surface area contributed by atoms with Gasteiger partial charge in [0.15, 0.2) is 5.78 Å². The lowest BCUT2D eigenvalue weighted by Crippen LogP contribution is -2.41. The fraction of sp³-hybridized carbons (Fsp3) is 0.400. The molecule has 0 bridgehead atoms. The standard InChI is InChI=1S/C30H35N3O6/c1-18(27-25(34)15-30(2,3)16-26(27)35)33-31-14-8-13-24(28(36)37)32-29(38)39-17-23-21-11-6-4-9-19(21)20-10-5-7-12-22(20)23/h4-7,9-12,23-24,31,34H,8,13-17H2,1-3H3,(H,32,38)(H,36,37)/t24-/m1/s1. The SMILES string of the molecule is CC(=NNCCC[C@@H](NC(=O)OCC1c2ccccc2-c2ccccc21)C(=O)O)C1=C(O)CC(C)(C)CC1=O. The van der Waals surface area contributed by atoms with Crippen LogP contribution in [0.2, 0.25) is 0 Å². The number of hydrogen-bond acceptors (Lipinski definition) is 7. The maximum absolute atomic E-state index is 12.5. The van der Waals surface area contributed by atoms with Gasteiger partial charge in [-0.1, -0.05) is 62.4 Å². The number of fused-ring (bicyclic) bond motifs is 3. The molecule has 0 aromatic heterocycles. The first-order chi connectivity index (χ1) is 18.6. The van der Waals surface area contributed by atoms with E-state index < -0.39 is 18.1 Å². The summed E-state index contributed by atoms with van der Waals surface area (Å²) >= 11 is 0. The van der Waals surface area contributed by atoms with Crippen LogP contribution in [0.4, 0.5) is 4.79 Å². The highest BCUT2D eigenvalue weighted by molar-refractivity contribution is 6.22. The number of benzene rings is 2. The molecule has 1 amide bonds. The molecule has 0 saturated heterocycles. The van der Waals surface area contributed by atoms with Crippen molar-refractivity contribution in [3.05, 3.63) is 71.0 Å². The lowest BCUT2D eigenvalue weighted by molar-refractivity contribution is -0.139. The van der Waals surface area contributed by atoms with E-state index in [9.17, 15) is 24.6 Å². The molecule has 0 fully saturated rings. The van der Waals surface area contributed by atoms with Crippen LogP contribution in [0, 0.1) is 5.41 Å². The molecule has 206 valence electrons. The predicted molar refractivity (Wildman–Crippen MR) is 148 cm³/mol. The summed E-state index contributed by atoms with van der Waals surface area (Å²) in [5.41, 5.74) is 7.54. The number of ketones is 1. The quantitative estimate of drug-likeness (QED) is 0.193. The van der Waals surface area contributed by atoms with E-state index in [1.54, 1.807) is 6.92 Å². The number of nitrogens with zero attached hydrogens (tertiary/aromatic N) is 1. The fourth-order valence-electron chi connectivity index (χ4n) is 5.35. The third-order valence-electron chi connectivity index (χ3n) is 7.18. The van der Waals surface area contributed by atoms with E-state index in [1.165, 1.54) is 0 Å². The lowest BCUT2D eigenvalue weighted by Gasteiger charge is -2.29. The Bertz CT molecular complexity index is 1280. The molecule has 9 nitrogen and oxygen atoms in total. The zero-order chi connectivity index (χ0) is 28.2. The number of Topliss-reactive ketones (excluding diaryl/α,β-unsaturated/α-hetero) is 1. The first-order valence-corrected chi connectivity index (χ1v) is 13.1. The van der Waals surface area contributed by atoms with Crippen molar-refractivity contribution in [3.63, 3.8) is 0 Å². The van der Waals surface area contributed by atoms with Crippen LogP contribution in [0.25, 0.3) is 11.1 Å². The van der Waals surface area contributed by atoms with E-state index >= 15 is 0 Å². The van der Waals surface area contributed by atoms with Gasteiger partial charge in [0, 0.05) is 25.3 Å². The summed E-state index contributed by atoms with van der Waals surface area (Å²) in [4.78, 5) is 36.7. The van der Waals surface area contributed by atoms with Gasteiger partial charge in [0.05, 0.1) is 11.3 Å². The normalized spacial score (nSPS) is 17.3. The van der Waals surface area contributed by atoms with E-state index in [-0.39, 0.29) is 41.5 Å². The van der Waals surface area contributed by atoms with E-state index in [0.717, 1.165) is 22.3 Å². The van der Waals surface area contributed by atoms with Gasteiger partial charge in [-0.25, -0.2) is 9.59 Å². The molecule has 39 heavy (non-hydrogen) atoms. The number of carbonyl (C=O) groups is 3. The Balaban J connectivity index is 1.26. The van der Waals surface area contributed by atoms with E-state index in [4.69, 9.17) is 4.74 Å². The van der Waals surface area contributed by atoms with Crippen LogP contribution in [0.5, 0.6) is 0 Å². The third-order valence-corrected chi connectivity index (χ3v) is 7.18. The molecule has 0 radical (unpaired) electrons. The summed E-state index contributed by atoms with van der Waals surface area (Å²) in [6, 6.07) is 14.8. The molecular formula is C30H35N3O6. The number of hydrogen-bond donors (Lipinski definition) is 4. The monoisotopic (exact) mass is 533 g/mol. The van der Waals surface area contributed by atoms with Gasteiger partial charge in [0.2, 0.25) is 0 Å². The number of carboxylic acids is 1. The number of alkyl carbamates (subject to hydrolysis) is 1. The molecule has 9 heteroatoms. The Morgan fingerprint density at radius 2 is 1.69 bits per heavy atom. The molecule has 0 spiro atoms. The van der Waals surface area contributed by atoms with E-state index in [1.807, 2.05) is 62.4 Å². The topological polar surface area (TPSA) is 137 Å². The van der Waals surface area contributed by atoms with E-state index in [0.29, 0.717) is 31.5 Å². The van der Waals surface area contributed by atoms with Gasteiger partial charge in [-0.05, 0) is 47.4 Å². The molecule has 2 aromatic carbocycles. The van der Waals surface area contributed by atoms with Crippen LogP contribution in [0.15, 0.2) is 65.0 Å². The molecule has 1 atom stereocenters. The smallest absolute Gasteiger partial charge is 0.407 e. The van der Waals surface area contributed by atoms with Crippen LogP contribution >= 0.6 is 0 Å². The van der Waals surface area contributed by atoms with Gasteiger partial charge >= 0.3 is 12.1 Å². The lowest BCUT2D eigenvalue weighted by atomic mass is 9.76. The van der Waals surface area contributed by atoms with Crippen molar-refractivity contribution in [2.75, 3.05) is 13.2 Å². The van der Waals surface area contributed by atoms with Crippen molar-refractivity contribution in [2.24, 2.45) is 10.5 Å². The van der Waals surface area contributed by atoms with Crippen molar-refractivity contribution in [2.45, 2.75) is 58.4 Å². The van der Waals surface area contributed by atoms with Crippen molar-refractivity contribution in [3.8, 4) is 11.1 Å². The molecule has 4 rings (SSSR count). The molecule has 0 aliphatic heterocycles. The highest BCUT2D eigenvalue weighted by Gasteiger charge is 2.34. The Morgan fingerprint density at radius 3 is 2.28 bits per heavy atom. The number of nitrogens with one attached hydrogen (secondary N) is 2. The molecule has 2 aliphatic rings. The minimum Gasteiger partial charge on any atom is -0.511 e. The number of carbonyl (C=O) groups excluding carboxylic acids is 2. The third kappa shape index (κ3) is 6.47. The zero-order valence-electron chi connectivity index (χ0n) is 22.5. The average molecular weight is 534 g/mol. The number of ether oxygens (including phenoxy) is 1. The van der Waals surface area contributed by atoms with Crippen LogP contribution < -0.4 is 10.7 Å². The van der Waals surface area contributed by atoms with Gasteiger partial charge < -0.3 is 25.7 Å². The predicted octanol–water partition coefficient (Wildman–Crippen LogP) is 4.93. The summed E-state index contributed by atoms with van der Waals surface area (Å²) < 4.78 is 5.47.